The lowest BCUT2D eigenvalue weighted by Gasteiger charge is -2.28. The standard InChI is InChI=1S/C23H35F3/c1-2-3-4-5-6-7-8-9-18-10-12-19(13-11-18)14-15-20-16-21(24)23(26)22(25)17-20/h16-19H,2-15H2,1H3. The van der Waals surface area contributed by atoms with Crippen LogP contribution in [0, 0.1) is 29.3 Å². The van der Waals surface area contributed by atoms with Crippen LogP contribution in [0.15, 0.2) is 12.1 Å². The smallest absolute Gasteiger partial charge is 0.194 e. The van der Waals surface area contributed by atoms with Crippen molar-refractivity contribution in [1.82, 2.24) is 0 Å². The van der Waals surface area contributed by atoms with Crippen molar-refractivity contribution in [3.63, 3.8) is 0 Å². The number of halogens is 3. The number of rotatable bonds is 11. The van der Waals surface area contributed by atoms with Gasteiger partial charge in [0.15, 0.2) is 17.5 Å². The number of hydrogen-bond donors (Lipinski definition) is 0. The van der Waals surface area contributed by atoms with Gasteiger partial charge in [-0.15, -0.1) is 0 Å². The SMILES string of the molecule is CCCCCCCCCC1CCC(CCc2cc(F)c(F)c(F)c2)CC1. The molecule has 0 N–H and O–H groups in total. The molecule has 0 atom stereocenters. The third-order valence-electron chi connectivity index (χ3n) is 6.07. The van der Waals surface area contributed by atoms with Crippen molar-refractivity contribution in [1.29, 1.82) is 0 Å². The maximum absolute atomic E-state index is 13.3. The lowest BCUT2D eigenvalue weighted by molar-refractivity contribution is 0.248. The normalized spacial score (nSPS) is 20.5. The molecule has 0 amide bonds. The van der Waals surface area contributed by atoms with E-state index < -0.39 is 17.5 Å². The highest BCUT2D eigenvalue weighted by Crippen LogP contribution is 2.34. The van der Waals surface area contributed by atoms with Gasteiger partial charge in [0.2, 0.25) is 0 Å². The molecule has 1 aromatic rings. The lowest BCUT2D eigenvalue weighted by Crippen LogP contribution is -2.15. The van der Waals surface area contributed by atoms with Gasteiger partial charge in [-0.3, -0.25) is 0 Å². The van der Waals surface area contributed by atoms with Crippen LogP contribution in [0.25, 0.3) is 0 Å². The first-order chi connectivity index (χ1) is 12.6. The fourth-order valence-corrected chi connectivity index (χ4v) is 4.32. The highest BCUT2D eigenvalue weighted by molar-refractivity contribution is 5.19. The molecule has 0 unspecified atom stereocenters. The molecule has 1 saturated carbocycles. The minimum Gasteiger partial charge on any atom is -0.204 e. The van der Waals surface area contributed by atoms with Gasteiger partial charge in [-0.05, 0) is 42.4 Å². The molecule has 2 rings (SSSR count). The molecule has 1 aromatic carbocycles. The first-order valence-corrected chi connectivity index (χ1v) is 10.7. The molecule has 1 aliphatic rings. The van der Waals surface area contributed by atoms with Gasteiger partial charge in [0.05, 0.1) is 0 Å². The van der Waals surface area contributed by atoms with Crippen LogP contribution in [0.4, 0.5) is 13.2 Å². The molecule has 1 fully saturated rings. The second kappa shape index (κ2) is 11.7. The molecule has 0 nitrogen and oxygen atoms in total. The summed E-state index contributed by atoms with van der Waals surface area (Å²) in [6, 6.07) is 2.29. The molecule has 0 saturated heterocycles. The third kappa shape index (κ3) is 7.32. The van der Waals surface area contributed by atoms with E-state index in [1.165, 1.54) is 77.0 Å². The topological polar surface area (TPSA) is 0 Å². The van der Waals surface area contributed by atoms with Crippen molar-refractivity contribution in [3.05, 3.63) is 35.1 Å². The first-order valence-electron chi connectivity index (χ1n) is 10.7. The minimum absolute atomic E-state index is 0.576. The molecule has 148 valence electrons. The maximum atomic E-state index is 13.3. The van der Waals surface area contributed by atoms with Gasteiger partial charge in [-0.25, -0.2) is 13.2 Å². The highest BCUT2D eigenvalue weighted by atomic mass is 19.2. The van der Waals surface area contributed by atoms with E-state index in [-0.39, 0.29) is 0 Å². The van der Waals surface area contributed by atoms with Crippen molar-refractivity contribution in [3.8, 4) is 0 Å². The second-order valence-corrected chi connectivity index (χ2v) is 8.21. The lowest BCUT2D eigenvalue weighted by atomic mass is 9.77. The van der Waals surface area contributed by atoms with E-state index in [1.54, 1.807) is 0 Å². The van der Waals surface area contributed by atoms with Crippen molar-refractivity contribution in [2.24, 2.45) is 11.8 Å². The minimum atomic E-state index is -1.36. The van der Waals surface area contributed by atoms with Gasteiger partial charge in [-0.2, -0.15) is 0 Å². The molecule has 1 aliphatic carbocycles. The summed E-state index contributed by atoms with van der Waals surface area (Å²) in [5.41, 5.74) is 0.576. The summed E-state index contributed by atoms with van der Waals surface area (Å²) < 4.78 is 39.6. The molecule has 0 radical (unpaired) electrons. The molecule has 0 bridgehead atoms. The Hall–Kier alpha value is -0.990. The van der Waals surface area contributed by atoms with Crippen LogP contribution in [-0.2, 0) is 6.42 Å². The van der Waals surface area contributed by atoms with Gasteiger partial charge < -0.3 is 0 Å². The molecule has 0 aromatic heterocycles. The highest BCUT2D eigenvalue weighted by Gasteiger charge is 2.21. The van der Waals surface area contributed by atoms with Crippen LogP contribution in [-0.4, -0.2) is 0 Å². The second-order valence-electron chi connectivity index (χ2n) is 8.21. The van der Waals surface area contributed by atoms with Crippen molar-refractivity contribution in [2.45, 2.75) is 96.8 Å². The molecular formula is C23H35F3. The Morgan fingerprint density at radius 2 is 1.23 bits per heavy atom. The van der Waals surface area contributed by atoms with E-state index in [0.717, 1.165) is 24.5 Å². The molecule has 0 spiro atoms. The Morgan fingerprint density at radius 1 is 0.731 bits per heavy atom. The Bertz CT molecular complexity index is 495. The zero-order chi connectivity index (χ0) is 18.8. The van der Waals surface area contributed by atoms with Crippen LogP contribution < -0.4 is 0 Å². The van der Waals surface area contributed by atoms with Gasteiger partial charge >= 0.3 is 0 Å². The summed E-state index contributed by atoms with van der Waals surface area (Å²) in [6.45, 7) is 2.26. The molecule has 0 aliphatic heterocycles. The van der Waals surface area contributed by atoms with Gasteiger partial charge in [0.1, 0.15) is 0 Å². The van der Waals surface area contributed by atoms with Crippen molar-refractivity contribution >= 4 is 0 Å². The largest absolute Gasteiger partial charge is 0.204 e. The van der Waals surface area contributed by atoms with E-state index in [2.05, 4.69) is 6.92 Å². The van der Waals surface area contributed by atoms with Gasteiger partial charge in [-0.1, -0.05) is 84.0 Å². The zero-order valence-electron chi connectivity index (χ0n) is 16.3. The van der Waals surface area contributed by atoms with Crippen LogP contribution in [0.2, 0.25) is 0 Å². The Kier molecular flexibility index (Phi) is 9.56. The molecule has 26 heavy (non-hydrogen) atoms. The monoisotopic (exact) mass is 368 g/mol. The first kappa shape index (κ1) is 21.3. The van der Waals surface area contributed by atoms with Crippen molar-refractivity contribution < 1.29 is 13.2 Å². The number of benzene rings is 1. The quantitative estimate of drug-likeness (QED) is 0.274. The number of hydrogen-bond acceptors (Lipinski definition) is 0. The van der Waals surface area contributed by atoms with Gasteiger partial charge in [0, 0.05) is 0 Å². The zero-order valence-corrected chi connectivity index (χ0v) is 16.3. The van der Waals surface area contributed by atoms with Crippen LogP contribution in [0.1, 0.15) is 96.0 Å². The summed E-state index contributed by atoms with van der Waals surface area (Å²) in [5.74, 6) is -1.98. The number of aryl methyl sites for hydroxylation is 1. The van der Waals surface area contributed by atoms with Crippen LogP contribution in [0.5, 0.6) is 0 Å². The third-order valence-corrected chi connectivity index (χ3v) is 6.07. The summed E-state index contributed by atoms with van der Waals surface area (Å²) in [5, 5.41) is 0. The number of unbranched alkanes of at least 4 members (excludes halogenated alkanes) is 6. The molecule has 0 heterocycles. The van der Waals surface area contributed by atoms with E-state index in [4.69, 9.17) is 0 Å². The molecular weight excluding hydrogens is 333 g/mol. The predicted molar refractivity (Wildman–Crippen MR) is 103 cm³/mol. The fraction of sp³-hybridized carbons (Fsp3) is 0.739. The predicted octanol–water partition coefficient (Wildman–Crippen LogP) is 7.98. The Morgan fingerprint density at radius 3 is 1.81 bits per heavy atom. The van der Waals surface area contributed by atoms with Gasteiger partial charge in [0.25, 0.3) is 0 Å². The fourth-order valence-electron chi connectivity index (χ4n) is 4.32. The van der Waals surface area contributed by atoms with Crippen molar-refractivity contribution in [2.75, 3.05) is 0 Å². The van der Waals surface area contributed by atoms with E-state index in [9.17, 15) is 13.2 Å². The van der Waals surface area contributed by atoms with Crippen LogP contribution in [0.3, 0.4) is 0 Å². The Labute approximate surface area is 157 Å². The van der Waals surface area contributed by atoms with E-state index in [0.29, 0.717) is 17.9 Å². The van der Waals surface area contributed by atoms with E-state index in [1.807, 2.05) is 0 Å². The molecule has 3 heteroatoms. The van der Waals surface area contributed by atoms with E-state index >= 15 is 0 Å². The summed E-state index contributed by atoms with van der Waals surface area (Å²) >= 11 is 0. The Balaban J connectivity index is 1.57. The average Bonchev–Trinajstić information content (AvgIpc) is 2.64. The summed E-state index contributed by atoms with van der Waals surface area (Å²) in [6.07, 6.45) is 17.6. The maximum Gasteiger partial charge on any atom is 0.194 e. The summed E-state index contributed by atoms with van der Waals surface area (Å²) in [4.78, 5) is 0. The summed E-state index contributed by atoms with van der Waals surface area (Å²) in [7, 11) is 0. The average molecular weight is 369 g/mol. The van der Waals surface area contributed by atoms with Crippen LogP contribution >= 0.6 is 0 Å².